The summed E-state index contributed by atoms with van der Waals surface area (Å²) in [5.41, 5.74) is 0.0460. The smallest absolute Gasteiger partial charge is 0.308 e. The molecule has 0 fully saturated rings. The first-order valence-corrected chi connectivity index (χ1v) is 5.71. The monoisotopic (exact) mass is 216 g/mol. The molecule has 0 amide bonds. The number of ether oxygens (including phenoxy) is 1. The lowest BCUT2D eigenvalue weighted by molar-refractivity contribution is -0.148. The van der Waals surface area contributed by atoms with Gasteiger partial charge in [-0.3, -0.25) is 4.79 Å². The Labute approximate surface area is 92.8 Å². The van der Waals surface area contributed by atoms with E-state index in [1.807, 2.05) is 0 Å². The quantitative estimate of drug-likeness (QED) is 0.665. The summed E-state index contributed by atoms with van der Waals surface area (Å²) in [6.45, 7) is 8.37. The predicted molar refractivity (Wildman–Crippen MR) is 60.6 cm³/mol. The minimum Gasteiger partial charge on any atom is -0.465 e. The number of aliphatic hydroxyl groups is 1. The van der Waals surface area contributed by atoms with Crippen molar-refractivity contribution in [1.82, 2.24) is 0 Å². The minimum atomic E-state index is -0.615. The van der Waals surface area contributed by atoms with Gasteiger partial charge in [-0.2, -0.15) is 0 Å². The summed E-state index contributed by atoms with van der Waals surface area (Å²) in [6.07, 6.45) is 2.85. The van der Waals surface area contributed by atoms with E-state index >= 15 is 0 Å². The normalized spacial score (nSPS) is 13.7. The van der Waals surface area contributed by atoms with Crippen LogP contribution >= 0.6 is 0 Å². The molecule has 3 heteroatoms. The topological polar surface area (TPSA) is 46.5 Å². The highest BCUT2D eigenvalue weighted by molar-refractivity contribution is 5.69. The van der Waals surface area contributed by atoms with E-state index in [0.29, 0.717) is 6.61 Å². The summed E-state index contributed by atoms with van der Waals surface area (Å²) in [6, 6.07) is 0. The third kappa shape index (κ3) is 8.43. The van der Waals surface area contributed by atoms with Crippen LogP contribution in [0.5, 0.6) is 0 Å². The lowest BCUT2D eigenvalue weighted by Crippen LogP contribution is -2.23. The van der Waals surface area contributed by atoms with E-state index in [9.17, 15) is 4.79 Å². The van der Waals surface area contributed by atoms with Gasteiger partial charge in [0.25, 0.3) is 0 Å². The molecule has 90 valence electrons. The zero-order chi connectivity index (χ0) is 11.9. The first kappa shape index (κ1) is 14.4. The van der Waals surface area contributed by atoms with Crippen LogP contribution in [0.3, 0.4) is 0 Å². The molecule has 1 unspecified atom stereocenters. The second kappa shape index (κ2) is 6.83. The largest absolute Gasteiger partial charge is 0.465 e. The Hall–Kier alpha value is -0.570. The molecule has 0 aromatic rings. The molecule has 15 heavy (non-hydrogen) atoms. The number of aliphatic hydroxyl groups excluding tert-OH is 1. The van der Waals surface area contributed by atoms with Crippen molar-refractivity contribution in [3.05, 3.63) is 0 Å². The lowest BCUT2D eigenvalue weighted by Gasteiger charge is -2.23. The number of esters is 1. The van der Waals surface area contributed by atoms with Crippen LogP contribution in [-0.2, 0) is 9.53 Å². The fraction of sp³-hybridized carbons (Fsp3) is 0.917. The van der Waals surface area contributed by atoms with E-state index < -0.39 is 6.10 Å². The van der Waals surface area contributed by atoms with Gasteiger partial charge in [0.05, 0.1) is 19.1 Å². The highest BCUT2D eigenvalue weighted by Crippen LogP contribution is 2.23. The van der Waals surface area contributed by atoms with Gasteiger partial charge in [-0.1, -0.05) is 33.6 Å². The Bertz CT molecular complexity index is 185. The molecule has 0 saturated carbocycles. The molecule has 0 aliphatic rings. The summed E-state index contributed by atoms with van der Waals surface area (Å²) in [5.74, 6) is -0.311. The zero-order valence-corrected chi connectivity index (χ0v) is 10.4. The fourth-order valence-corrected chi connectivity index (χ4v) is 1.30. The van der Waals surface area contributed by atoms with Crippen molar-refractivity contribution in [2.45, 2.75) is 59.5 Å². The molecule has 0 aliphatic heterocycles. The number of carbonyl (C=O) groups is 1. The third-order valence-corrected chi connectivity index (χ3v) is 2.29. The summed E-state index contributed by atoms with van der Waals surface area (Å²) in [4.78, 5) is 11.2. The lowest BCUT2D eigenvalue weighted by atomic mass is 9.88. The maximum Gasteiger partial charge on any atom is 0.308 e. The van der Waals surface area contributed by atoms with E-state index in [1.54, 1.807) is 6.92 Å². The number of hydrogen-bond acceptors (Lipinski definition) is 3. The molecule has 1 atom stereocenters. The Balaban J connectivity index is 3.77. The van der Waals surface area contributed by atoms with Crippen LogP contribution in [0.25, 0.3) is 0 Å². The van der Waals surface area contributed by atoms with Crippen molar-refractivity contribution in [2.75, 3.05) is 6.61 Å². The van der Waals surface area contributed by atoms with Crippen LogP contribution in [0, 0.1) is 5.41 Å². The number of carbonyl (C=O) groups excluding carboxylic acids is 1. The highest BCUT2D eigenvalue weighted by atomic mass is 16.5. The molecular formula is C12H24O3. The summed E-state index contributed by atoms with van der Waals surface area (Å²) < 4.78 is 5.12. The first-order chi connectivity index (χ1) is 6.87. The molecule has 0 aromatic carbocycles. The first-order valence-electron chi connectivity index (χ1n) is 5.71. The van der Waals surface area contributed by atoms with Gasteiger partial charge in [0.2, 0.25) is 0 Å². The maximum absolute atomic E-state index is 11.2. The van der Waals surface area contributed by atoms with Gasteiger partial charge in [-0.05, 0) is 18.8 Å². The van der Waals surface area contributed by atoms with Crippen molar-refractivity contribution >= 4 is 5.97 Å². The molecule has 0 rings (SSSR count). The third-order valence-electron chi connectivity index (χ3n) is 2.29. The Morgan fingerprint density at radius 2 is 2.07 bits per heavy atom. The van der Waals surface area contributed by atoms with E-state index in [4.69, 9.17) is 9.84 Å². The second-order valence-corrected chi connectivity index (χ2v) is 4.98. The van der Waals surface area contributed by atoms with Crippen LogP contribution in [0.4, 0.5) is 0 Å². The summed E-state index contributed by atoms with van der Waals surface area (Å²) in [7, 11) is 0. The molecule has 3 nitrogen and oxygen atoms in total. The number of rotatable bonds is 7. The standard InChI is InChI=1S/C12H24O3/c1-5-6-7-12(3,4)9-15-11(14)8-10(2)13/h10,13H,5-9H2,1-4H3. The van der Waals surface area contributed by atoms with Crippen molar-refractivity contribution in [1.29, 1.82) is 0 Å². The number of unbranched alkanes of at least 4 members (excludes halogenated alkanes) is 1. The van der Waals surface area contributed by atoms with Gasteiger partial charge >= 0.3 is 5.97 Å². The molecule has 0 heterocycles. The Kier molecular flexibility index (Phi) is 6.57. The van der Waals surface area contributed by atoms with Gasteiger partial charge in [0, 0.05) is 0 Å². The minimum absolute atomic E-state index is 0.0460. The molecule has 0 bridgehead atoms. The summed E-state index contributed by atoms with van der Waals surface area (Å²) >= 11 is 0. The average Bonchev–Trinajstić information content (AvgIpc) is 2.11. The molecule has 0 spiro atoms. The van der Waals surface area contributed by atoms with Gasteiger partial charge in [-0.25, -0.2) is 0 Å². The molecule has 1 N–H and O–H groups in total. The van der Waals surface area contributed by atoms with Crippen molar-refractivity contribution < 1.29 is 14.6 Å². The van der Waals surface area contributed by atoms with E-state index in [1.165, 1.54) is 0 Å². The maximum atomic E-state index is 11.2. The van der Waals surface area contributed by atoms with Crippen LogP contribution in [0.2, 0.25) is 0 Å². The van der Waals surface area contributed by atoms with Crippen LogP contribution in [-0.4, -0.2) is 23.8 Å². The molecule has 0 saturated heterocycles. The van der Waals surface area contributed by atoms with E-state index in [2.05, 4.69) is 20.8 Å². The molecule has 0 aromatic heterocycles. The predicted octanol–water partition coefficient (Wildman–Crippen LogP) is 2.52. The van der Waals surface area contributed by atoms with Crippen LogP contribution in [0.1, 0.15) is 53.4 Å². The van der Waals surface area contributed by atoms with Crippen LogP contribution < -0.4 is 0 Å². The summed E-state index contributed by atoms with van der Waals surface area (Å²) in [5, 5.41) is 8.99. The zero-order valence-electron chi connectivity index (χ0n) is 10.4. The Morgan fingerprint density at radius 3 is 2.53 bits per heavy atom. The van der Waals surface area contributed by atoms with Gasteiger partial charge in [-0.15, -0.1) is 0 Å². The van der Waals surface area contributed by atoms with Crippen molar-refractivity contribution in [3.8, 4) is 0 Å². The van der Waals surface area contributed by atoms with Crippen molar-refractivity contribution in [2.24, 2.45) is 5.41 Å². The fourth-order valence-electron chi connectivity index (χ4n) is 1.30. The Morgan fingerprint density at radius 1 is 1.47 bits per heavy atom. The molecule has 0 aliphatic carbocycles. The van der Waals surface area contributed by atoms with Crippen molar-refractivity contribution in [3.63, 3.8) is 0 Å². The average molecular weight is 216 g/mol. The van der Waals surface area contributed by atoms with Gasteiger partial charge in [0.15, 0.2) is 0 Å². The molecular weight excluding hydrogens is 192 g/mol. The van der Waals surface area contributed by atoms with Gasteiger partial charge in [0.1, 0.15) is 0 Å². The highest BCUT2D eigenvalue weighted by Gasteiger charge is 2.19. The van der Waals surface area contributed by atoms with Crippen LogP contribution in [0.15, 0.2) is 0 Å². The second-order valence-electron chi connectivity index (χ2n) is 4.98. The van der Waals surface area contributed by atoms with Gasteiger partial charge < -0.3 is 9.84 Å². The molecule has 0 radical (unpaired) electrons. The number of hydrogen-bond donors (Lipinski definition) is 1. The SMILES string of the molecule is CCCCC(C)(C)COC(=O)CC(C)O. The van der Waals surface area contributed by atoms with E-state index in [0.717, 1.165) is 19.3 Å². The van der Waals surface area contributed by atoms with E-state index in [-0.39, 0.29) is 17.8 Å².